The highest BCUT2D eigenvalue weighted by molar-refractivity contribution is 5.81. The second-order valence-electron chi connectivity index (χ2n) is 3.78. The number of carbonyl (C=O) groups excluding carboxylic acids is 1. The van der Waals surface area contributed by atoms with Crippen molar-refractivity contribution in [3.05, 3.63) is 0 Å². The summed E-state index contributed by atoms with van der Waals surface area (Å²) in [6.45, 7) is 1.82. The molecule has 0 bridgehead atoms. The Hall–Kier alpha value is -0.610. The molecule has 4 nitrogen and oxygen atoms in total. The highest BCUT2D eigenvalue weighted by Crippen LogP contribution is 2.24. The van der Waals surface area contributed by atoms with E-state index < -0.39 is 6.04 Å². The van der Waals surface area contributed by atoms with Gasteiger partial charge in [0.05, 0.1) is 6.04 Å². The third kappa shape index (κ3) is 2.67. The summed E-state index contributed by atoms with van der Waals surface area (Å²) in [5.41, 5.74) is 5.43. The summed E-state index contributed by atoms with van der Waals surface area (Å²) in [5.74, 6) is 0.105. The summed E-state index contributed by atoms with van der Waals surface area (Å²) in [4.78, 5) is 11.2. The van der Waals surface area contributed by atoms with Crippen molar-refractivity contribution in [3.63, 3.8) is 0 Å². The Labute approximate surface area is 78.5 Å². The van der Waals surface area contributed by atoms with Crippen molar-refractivity contribution in [3.8, 4) is 0 Å². The van der Waals surface area contributed by atoms with Crippen LogP contribution in [0.25, 0.3) is 0 Å². The number of aliphatic hydroxyl groups excluding tert-OH is 1. The monoisotopic (exact) mass is 186 g/mol. The van der Waals surface area contributed by atoms with Crippen LogP contribution in [0.2, 0.25) is 0 Å². The van der Waals surface area contributed by atoms with E-state index >= 15 is 0 Å². The van der Waals surface area contributed by atoms with Gasteiger partial charge in [-0.2, -0.15) is 0 Å². The maximum absolute atomic E-state index is 11.2. The summed E-state index contributed by atoms with van der Waals surface area (Å²) < 4.78 is 0. The molecule has 4 heteroatoms. The minimum atomic E-state index is -0.458. The molecule has 0 aromatic carbocycles. The van der Waals surface area contributed by atoms with Gasteiger partial charge in [-0.1, -0.05) is 6.42 Å². The first-order chi connectivity index (χ1) is 6.15. The first-order valence-corrected chi connectivity index (χ1v) is 4.82. The van der Waals surface area contributed by atoms with Gasteiger partial charge in [0, 0.05) is 18.6 Å². The Bertz CT molecular complexity index is 182. The van der Waals surface area contributed by atoms with Crippen molar-refractivity contribution in [1.29, 1.82) is 0 Å². The molecule has 4 N–H and O–H groups in total. The second kappa shape index (κ2) is 4.58. The molecule has 0 radical (unpaired) electrons. The van der Waals surface area contributed by atoms with Crippen molar-refractivity contribution in [1.82, 2.24) is 5.32 Å². The van der Waals surface area contributed by atoms with E-state index in [1.54, 1.807) is 6.92 Å². The van der Waals surface area contributed by atoms with E-state index in [1.807, 2.05) is 0 Å². The smallest absolute Gasteiger partial charge is 0.236 e. The van der Waals surface area contributed by atoms with Crippen molar-refractivity contribution >= 4 is 5.91 Å². The zero-order valence-electron chi connectivity index (χ0n) is 7.99. The average Bonchev–Trinajstić information content (AvgIpc) is 2.51. The molecule has 1 rings (SSSR count). The Morgan fingerprint density at radius 1 is 1.69 bits per heavy atom. The van der Waals surface area contributed by atoms with Crippen LogP contribution < -0.4 is 11.1 Å². The zero-order chi connectivity index (χ0) is 9.84. The van der Waals surface area contributed by atoms with Crippen molar-refractivity contribution < 1.29 is 9.90 Å². The Morgan fingerprint density at radius 3 is 2.92 bits per heavy atom. The van der Waals surface area contributed by atoms with Gasteiger partial charge in [-0.3, -0.25) is 4.79 Å². The summed E-state index contributed by atoms with van der Waals surface area (Å²) >= 11 is 0. The molecule has 3 atom stereocenters. The molecule has 1 aliphatic rings. The van der Waals surface area contributed by atoms with Crippen LogP contribution >= 0.6 is 0 Å². The molecule has 76 valence electrons. The van der Waals surface area contributed by atoms with E-state index in [1.165, 1.54) is 0 Å². The largest absolute Gasteiger partial charge is 0.396 e. The van der Waals surface area contributed by atoms with E-state index in [-0.39, 0.29) is 24.5 Å². The quantitative estimate of drug-likeness (QED) is 0.562. The molecule has 0 heterocycles. The summed E-state index contributed by atoms with van der Waals surface area (Å²) in [6.07, 6.45) is 3.04. The van der Waals surface area contributed by atoms with Gasteiger partial charge in [-0.15, -0.1) is 0 Å². The van der Waals surface area contributed by atoms with Gasteiger partial charge in [0.2, 0.25) is 5.91 Å². The van der Waals surface area contributed by atoms with Crippen LogP contribution in [0.15, 0.2) is 0 Å². The number of carbonyl (C=O) groups is 1. The molecule has 1 saturated carbocycles. The van der Waals surface area contributed by atoms with E-state index in [0.717, 1.165) is 19.3 Å². The number of amides is 1. The van der Waals surface area contributed by atoms with Gasteiger partial charge in [0.1, 0.15) is 0 Å². The van der Waals surface area contributed by atoms with E-state index in [9.17, 15) is 4.79 Å². The average molecular weight is 186 g/mol. The third-order valence-corrected chi connectivity index (χ3v) is 2.63. The lowest BCUT2D eigenvalue weighted by Crippen LogP contribution is -2.45. The molecule has 0 saturated heterocycles. The van der Waals surface area contributed by atoms with Gasteiger partial charge < -0.3 is 16.2 Å². The predicted molar refractivity (Wildman–Crippen MR) is 50.0 cm³/mol. The molecular formula is C9H18N2O2. The van der Waals surface area contributed by atoms with Crippen LogP contribution in [-0.4, -0.2) is 29.7 Å². The summed E-state index contributed by atoms with van der Waals surface area (Å²) in [5, 5.41) is 11.9. The Balaban J connectivity index is 2.39. The number of nitrogens with two attached hydrogens (primary N) is 1. The van der Waals surface area contributed by atoms with Crippen molar-refractivity contribution in [2.24, 2.45) is 11.7 Å². The van der Waals surface area contributed by atoms with Gasteiger partial charge in [-0.25, -0.2) is 0 Å². The SMILES string of the molecule is CC(N)C(=O)NC1CCCC1CO. The van der Waals surface area contributed by atoms with Crippen molar-refractivity contribution in [2.45, 2.75) is 38.3 Å². The van der Waals surface area contributed by atoms with Gasteiger partial charge in [0.15, 0.2) is 0 Å². The molecule has 0 spiro atoms. The van der Waals surface area contributed by atoms with E-state index in [0.29, 0.717) is 0 Å². The number of aliphatic hydroxyl groups is 1. The van der Waals surface area contributed by atoms with Crippen LogP contribution in [-0.2, 0) is 4.79 Å². The standard InChI is InChI=1S/C9H18N2O2/c1-6(10)9(13)11-8-4-2-3-7(8)5-12/h6-8,12H,2-5,10H2,1H3,(H,11,13). The van der Waals surface area contributed by atoms with E-state index in [2.05, 4.69) is 5.32 Å². The first kappa shape index (κ1) is 10.5. The van der Waals surface area contributed by atoms with Gasteiger partial charge in [0.25, 0.3) is 0 Å². The molecule has 0 aromatic heterocycles. The molecule has 13 heavy (non-hydrogen) atoms. The fraction of sp³-hybridized carbons (Fsp3) is 0.889. The minimum Gasteiger partial charge on any atom is -0.396 e. The van der Waals surface area contributed by atoms with Crippen molar-refractivity contribution in [2.75, 3.05) is 6.61 Å². The van der Waals surface area contributed by atoms with Gasteiger partial charge >= 0.3 is 0 Å². The minimum absolute atomic E-state index is 0.120. The first-order valence-electron chi connectivity index (χ1n) is 4.82. The summed E-state index contributed by atoms with van der Waals surface area (Å²) in [6, 6.07) is -0.330. The van der Waals surface area contributed by atoms with Crippen LogP contribution in [0.5, 0.6) is 0 Å². The number of rotatable bonds is 3. The molecule has 1 aliphatic carbocycles. The van der Waals surface area contributed by atoms with Crippen LogP contribution in [0.1, 0.15) is 26.2 Å². The molecule has 1 amide bonds. The predicted octanol–water partition coefficient (Wildman–Crippen LogP) is -0.389. The normalized spacial score (nSPS) is 30.1. The van der Waals surface area contributed by atoms with E-state index in [4.69, 9.17) is 10.8 Å². The fourth-order valence-corrected chi connectivity index (χ4v) is 1.76. The summed E-state index contributed by atoms with van der Waals surface area (Å²) in [7, 11) is 0. The van der Waals surface area contributed by atoms with Gasteiger partial charge in [-0.05, 0) is 19.8 Å². The molecule has 3 unspecified atom stereocenters. The lowest BCUT2D eigenvalue weighted by molar-refractivity contribution is -0.123. The lowest BCUT2D eigenvalue weighted by atomic mass is 10.0. The lowest BCUT2D eigenvalue weighted by Gasteiger charge is -2.19. The van der Waals surface area contributed by atoms with Crippen LogP contribution in [0, 0.1) is 5.92 Å². The Kier molecular flexibility index (Phi) is 3.69. The topological polar surface area (TPSA) is 75.4 Å². The molecule has 0 aliphatic heterocycles. The fourth-order valence-electron chi connectivity index (χ4n) is 1.76. The van der Waals surface area contributed by atoms with Crippen LogP contribution in [0.3, 0.4) is 0 Å². The molecule has 0 aromatic rings. The molecular weight excluding hydrogens is 168 g/mol. The number of nitrogens with one attached hydrogen (secondary N) is 1. The zero-order valence-corrected chi connectivity index (χ0v) is 7.99. The number of hydrogen-bond acceptors (Lipinski definition) is 3. The molecule has 1 fully saturated rings. The highest BCUT2D eigenvalue weighted by Gasteiger charge is 2.28. The Morgan fingerprint density at radius 2 is 2.38 bits per heavy atom. The maximum atomic E-state index is 11.2. The maximum Gasteiger partial charge on any atom is 0.236 e. The number of hydrogen-bond donors (Lipinski definition) is 3. The van der Waals surface area contributed by atoms with Crippen LogP contribution in [0.4, 0.5) is 0 Å². The highest BCUT2D eigenvalue weighted by atomic mass is 16.3. The third-order valence-electron chi connectivity index (χ3n) is 2.63. The second-order valence-corrected chi connectivity index (χ2v) is 3.78.